The molecule has 6 heteroatoms. The molecule has 136 valence electrons. The van der Waals surface area contributed by atoms with Crippen molar-refractivity contribution in [2.24, 2.45) is 0 Å². The maximum Gasteiger partial charge on any atom is 0.313 e. The topological polar surface area (TPSA) is 87.7 Å². The van der Waals surface area contributed by atoms with Crippen LogP contribution < -0.4 is 15.4 Å². The number of methoxy groups -OCH3 is 1. The number of carbonyl (C=O) groups is 2. The fourth-order valence-electron chi connectivity index (χ4n) is 3.15. The maximum atomic E-state index is 12.1. The van der Waals surface area contributed by atoms with E-state index in [-0.39, 0.29) is 6.54 Å². The summed E-state index contributed by atoms with van der Waals surface area (Å²) in [4.78, 5) is 24.1. The van der Waals surface area contributed by atoms with Gasteiger partial charge in [0.25, 0.3) is 0 Å². The molecule has 0 aliphatic heterocycles. The average molecular weight is 354 g/mol. The van der Waals surface area contributed by atoms with Gasteiger partial charge in [-0.1, -0.05) is 30.3 Å². The Bertz CT molecular complexity index is 821. The van der Waals surface area contributed by atoms with Gasteiger partial charge in [0.05, 0.1) is 12.7 Å². The molecule has 1 aliphatic carbocycles. The lowest BCUT2D eigenvalue weighted by Crippen LogP contribution is -2.49. The fourth-order valence-corrected chi connectivity index (χ4v) is 3.15. The molecule has 0 fully saturated rings. The molecule has 3 N–H and O–H groups in total. The highest BCUT2D eigenvalue weighted by molar-refractivity contribution is 6.39. The third kappa shape index (κ3) is 4.21. The van der Waals surface area contributed by atoms with E-state index in [2.05, 4.69) is 16.7 Å². The minimum absolute atomic E-state index is 0.0334. The third-order valence-electron chi connectivity index (χ3n) is 4.61. The van der Waals surface area contributed by atoms with Crippen LogP contribution in [0.4, 0.5) is 5.69 Å². The number of ether oxygens (including phenoxy) is 1. The Labute approximate surface area is 152 Å². The molecule has 6 nitrogen and oxygen atoms in total. The molecular formula is C20H22N2O4. The van der Waals surface area contributed by atoms with Crippen LogP contribution in [0, 0.1) is 0 Å². The van der Waals surface area contributed by atoms with Crippen LogP contribution in [-0.4, -0.2) is 36.2 Å². The van der Waals surface area contributed by atoms with E-state index in [1.54, 1.807) is 24.3 Å². The van der Waals surface area contributed by atoms with Crippen LogP contribution in [0.5, 0.6) is 5.75 Å². The second kappa shape index (κ2) is 7.58. The van der Waals surface area contributed by atoms with Gasteiger partial charge in [-0.15, -0.1) is 0 Å². The zero-order valence-corrected chi connectivity index (χ0v) is 14.6. The quantitative estimate of drug-likeness (QED) is 0.729. The van der Waals surface area contributed by atoms with Crippen molar-refractivity contribution >= 4 is 17.5 Å². The maximum absolute atomic E-state index is 12.1. The Morgan fingerprint density at radius 1 is 1.12 bits per heavy atom. The number of aryl methyl sites for hydroxylation is 1. The molecule has 0 aromatic heterocycles. The van der Waals surface area contributed by atoms with Gasteiger partial charge in [0, 0.05) is 24.7 Å². The van der Waals surface area contributed by atoms with Crippen LogP contribution in [-0.2, 0) is 22.4 Å². The Morgan fingerprint density at radius 3 is 2.65 bits per heavy atom. The molecule has 2 aromatic carbocycles. The first kappa shape index (κ1) is 17.9. The number of aliphatic hydroxyl groups is 1. The zero-order chi connectivity index (χ0) is 18.6. The van der Waals surface area contributed by atoms with Gasteiger partial charge in [-0.2, -0.15) is 0 Å². The average Bonchev–Trinajstić information content (AvgIpc) is 2.66. The van der Waals surface area contributed by atoms with E-state index in [0.29, 0.717) is 24.3 Å². The number of amides is 2. The predicted molar refractivity (Wildman–Crippen MR) is 98.1 cm³/mol. The smallest absolute Gasteiger partial charge is 0.313 e. The number of hydrogen-bond acceptors (Lipinski definition) is 4. The SMILES string of the molecule is COc1cccc(NC(=O)C(=O)NCC2(O)CCc3ccccc3C2)c1. The number of anilines is 1. The number of rotatable bonds is 4. The lowest BCUT2D eigenvalue weighted by atomic mass is 9.80. The second-order valence-corrected chi connectivity index (χ2v) is 6.54. The van der Waals surface area contributed by atoms with Crippen molar-refractivity contribution < 1.29 is 19.4 Å². The molecule has 0 bridgehead atoms. The first-order valence-electron chi connectivity index (χ1n) is 8.51. The Morgan fingerprint density at radius 2 is 1.88 bits per heavy atom. The summed E-state index contributed by atoms with van der Waals surface area (Å²) in [6, 6.07) is 14.7. The van der Waals surface area contributed by atoms with Crippen molar-refractivity contribution in [3.63, 3.8) is 0 Å². The molecular weight excluding hydrogens is 332 g/mol. The molecule has 1 aliphatic rings. The van der Waals surface area contributed by atoms with E-state index >= 15 is 0 Å². The van der Waals surface area contributed by atoms with Crippen LogP contribution in [0.2, 0.25) is 0 Å². The number of carbonyl (C=O) groups excluding carboxylic acids is 2. The highest BCUT2D eigenvalue weighted by Crippen LogP contribution is 2.28. The van der Waals surface area contributed by atoms with Crippen LogP contribution in [0.15, 0.2) is 48.5 Å². The van der Waals surface area contributed by atoms with Crippen molar-refractivity contribution in [3.8, 4) is 5.75 Å². The van der Waals surface area contributed by atoms with Crippen molar-refractivity contribution in [3.05, 3.63) is 59.7 Å². The van der Waals surface area contributed by atoms with Gasteiger partial charge in [0.1, 0.15) is 5.75 Å². The molecule has 1 unspecified atom stereocenters. The molecule has 0 spiro atoms. The second-order valence-electron chi connectivity index (χ2n) is 6.54. The summed E-state index contributed by atoms with van der Waals surface area (Å²) in [6.45, 7) is 0.0334. The molecule has 0 heterocycles. The Hall–Kier alpha value is -2.86. The molecule has 1 atom stereocenters. The van der Waals surface area contributed by atoms with E-state index in [1.807, 2.05) is 18.2 Å². The monoisotopic (exact) mass is 354 g/mol. The van der Waals surface area contributed by atoms with E-state index in [1.165, 1.54) is 12.7 Å². The van der Waals surface area contributed by atoms with Crippen LogP contribution in [0.3, 0.4) is 0 Å². The summed E-state index contributed by atoms with van der Waals surface area (Å²) in [7, 11) is 1.52. The minimum Gasteiger partial charge on any atom is -0.497 e. The van der Waals surface area contributed by atoms with Gasteiger partial charge in [-0.05, 0) is 36.1 Å². The van der Waals surface area contributed by atoms with Crippen LogP contribution >= 0.6 is 0 Å². The lowest BCUT2D eigenvalue weighted by molar-refractivity contribution is -0.136. The van der Waals surface area contributed by atoms with Gasteiger partial charge in [-0.25, -0.2) is 0 Å². The highest BCUT2D eigenvalue weighted by atomic mass is 16.5. The summed E-state index contributed by atoms with van der Waals surface area (Å²) >= 11 is 0. The predicted octanol–water partition coefficient (Wildman–Crippen LogP) is 1.67. The van der Waals surface area contributed by atoms with Crippen molar-refractivity contribution in [2.75, 3.05) is 19.0 Å². The normalized spacial score (nSPS) is 18.5. The molecule has 2 aromatic rings. The molecule has 3 rings (SSSR count). The van der Waals surface area contributed by atoms with E-state index in [0.717, 1.165) is 12.0 Å². The minimum atomic E-state index is -1.04. The Kier molecular flexibility index (Phi) is 5.23. The summed E-state index contributed by atoms with van der Waals surface area (Å²) < 4.78 is 5.08. The van der Waals surface area contributed by atoms with E-state index in [9.17, 15) is 14.7 Å². The summed E-state index contributed by atoms with van der Waals surface area (Å²) in [5.41, 5.74) is 1.73. The standard InChI is InChI=1S/C20H22N2O4/c1-26-17-8-4-7-16(11-17)22-19(24)18(23)21-13-20(25)10-9-14-5-2-3-6-15(14)12-20/h2-8,11,25H,9-10,12-13H2,1H3,(H,21,23)(H,22,24). The first-order chi connectivity index (χ1) is 12.5. The summed E-state index contributed by atoms with van der Waals surface area (Å²) in [5, 5.41) is 15.8. The highest BCUT2D eigenvalue weighted by Gasteiger charge is 2.32. The van der Waals surface area contributed by atoms with Crippen molar-refractivity contribution in [1.29, 1.82) is 0 Å². The molecule has 26 heavy (non-hydrogen) atoms. The first-order valence-corrected chi connectivity index (χ1v) is 8.51. The number of nitrogens with one attached hydrogen (secondary N) is 2. The zero-order valence-electron chi connectivity index (χ0n) is 14.6. The van der Waals surface area contributed by atoms with Gasteiger partial charge < -0.3 is 20.5 Å². The number of fused-ring (bicyclic) bond motifs is 1. The van der Waals surface area contributed by atoms with Crippen LogP contribution in [0.25, 0.3) is 0 Å². The van der Waals surface area contributed by atoms with Crippen molar-refractivity contribution in [2.45, 2.75) is 24.9 Å². The van der Waals surface area contributed by atoms with Crippen LogP contribution in [0.1, 0.15) is 17.5 Å². The largest absolute Gasteiger partial charge is 0.497 e. The van der Waals surface area contributed by atoms with Gasteiger partial charge >= 0.3 is 11.8 Å². The van der Waals surface area contributed by atoms with Gasteiger partial charge in [0.2, 0.25) is 0 Å². The molecule has 0 saturated carbocycles. The van der Waals surface area contributed by atoms with Gasteiger partial charge in [0.15, 0.2) is 0 Å². The molecule has 0 radical (unpaired) electrons. The summed E-state index contributed by atoms with van der Waals surface area (Å²) in [5.74, 6) is -0.975. The number of hydrogen-bond donors (Lipinski definition) is 3. The number of benzene rings is 2. The Balaban J connectivity index is 1.55. The van der Waals surface area contributed by atoms with E-state index < -0.39 is 17.4 Å². The molecule has 0 saturated heterocycles. The summed E-state index contributed by atoms with van der Waals surface area (Å²) in [6.07, 6.45) is 1.75. The lowest BCUT2D eigenvalue weighted by Gasteiger charge is -2.33. The third-order valence-corrected chi connectivity index (χ3v) is 4.61. The van der Waals surface area contributed by atoms with Gasteiger partial charge in [-0.3, -0.25) is 9.59 Å². The van der Waals surface area contributed by atoms with Crippen molar-refractivity contribution in [1.82, 2.24) is 5.32 Å². The fraction of sp³-hybridized carbons (Fsp3) is 0.300. The molecule has 2 amide bonds. The van der Waals surface area contributed by atoms with E-state index in [4.69, 9.17) is 4.74 Å².